The van der Waals surface area contributed by atoms with E-state index in [1.54, 1.807) is 0 Å². The van der Waals surface area contributed by atoms with E-state index in [-0.39, 0.29) is 0 Å². The van der Waals surface area contributed by atoms with Crippen LogP contribution in [0, 0.1) is 0 Å². The molecule has 0 aromatic carbocycles. The zero-order chi connectivity index (χ0) is 43.1. The summed E-state index contributed by atoms with van der Waals surface area (Å²) in [5, 5.41) is 4.25. The average Bonchev–Trinajstić information content (AvgIpc) is 4.13. The van der Waals surface area contributed by atoms with Crippen LogP contribution in [0.5, 0.6) is 0 Å². The smallest absolute Gasteiger partial charge is 0.0586 e. The molecule has 4 aromatic rings. The maximum absolute atomic E-state index is 3.94. The van der Waals surface area contributed by atoms with E-state index in [2.05, 4.69) is 189 Å². The predicted octanol–water partition coefficient (Wildman–Crippen LogP) is 7.94. The van der Waals surface area contributed by atoms with Gasteiger partial charge in [-0.3, -0.25) is 0 Å². The van der Waals surface area contributed by atoms with Gasteiger partial charge in [0.2, 0.25) is 0 Å². The van der Waals surface area contributed by atoms with Crippen LogP contribution in [0.2, 0.25) is 0 Å². The fourth-order valence-electron chi connectivity index (χ4n) is 9.85. The highest BCUT2D eigenvalue weighted by atomic mass is 15.2. The maximum atomic E-state index is 3.94. The summed E-state index contributed by atoms with van der Waals surface area (Å²) in [5.41, 5.74) is 14.4. The molecular formula is C55H66N8. The number of H-pyrrole nitrogens is 4. The van der Waals surface area contributed by atoms with Gasteiger partial charge in [-0.25, -0.2) is 0 Å². The first-order chi connectivity index (χ1) is 30.9. The van der Waals surface area contributed by atoms with Gasteiger partial charge in [0.25, 0.3) is 0 Å². The Bertz CT molecular complexity index is 2800. The third-order valence-electron chi connectivity index (χ3n) is 13.2. The summed E-state index contributed by atoms with van der Waals surface area (Å²) in [5.74, 6) is 0. The number of aromatic amines is 4. The van der Waals surface area contributed by atoms with Crippen molar-refractivity contribution in [2.75, 3.05) is 53.9 Å². The van der Waals surface area contributed by atoms with Crippen molar-refractivity contribution in [2.24, 2.45) is 0 Å². The monoisotopic (exact) mass is 839 g/mol. The quantitative estimate of drug-likeness (QED) is 0.0919. The Morgan fingerprint density at radius 3 is 1.59 bits per heavy atom. The molecule has 9 heterocycles. The minimum atomic E-state index is 0.799. The first-order valence-corrected chi connectivity index (χ1v) is 23.6. The lowest BCUT2D eigenvalue weighted by Crippen LogP contribution is -2.40. The van der Waals surface area contributed by atoms with Gasteiger partial charge in [0.15, 0.2) is 0 Å². The van der Waals surface area contributed by atoms with Crippen LogP contribution < -0.4 is 21.4 Å². The standard InChI is InChI=1S/C55H66N8/c1-5-6-7-8-9-10-11-12-13-17-35-63-39-46(49-21-14-18-32-60(49)2)52(50-22-15-19-33-61(50)3)54(51-23-16-20-34-62(51)4)55(63)53-47-30-28-44(58-47)37-42-26-24-40(56-42)36-41-25-27-43(57-41)38-45-29-31-48(53)59-45/h14-16,18-31,36-38,56-59H,5-13,17,32-35,39H2,1-4H3. The first-order valence-electron chi connectivity index (χ1n) is 23.6. The van der Waals surface area contributed by atoms with E-state index in [1.165, 1.54) is 103 Å². The molecule has 0 spiro atoms. The molecule has 8 heteroatoms. The molecule has 0 fully saturated rings. The number of hydrogen-bond donors (Lipinski definition) is 4. The van der Waals surface area contributed by atoms with Crippen LogP contribution in [0.3, 0.4) is 0 Å². The van der Waals surface area contributed by atoms with Crippen molar-refractivity contribution in [3.8, 4) is 0 Å². The molecule has 0 atom stereocenters. The van der Waals surface area contributed by atoms with Crippen LogP contribution in [0.15, 0.2) is 143 Å². The number of aromatic nitrogens is 4. The van der Waals surface area contributed by atoms with Gasteiger partial charge in [-0.05, 0) is 91.4 Å². The average molecular weight is 839 g/mol. The van der Waals surface area contributed by atoms with E-state index in [9.17, 15) is 0 Å². The number of fused-ring (bicyclic) bond motifs is 8. The Morgan fingerprint density at radius 1 is 0.476 bits per heavy atom. The Balaban J connectivity index is 1.27. The molecule has 8 bridgehead atoms. The third-order valence-corrected chi connectivity index (χ3v) is 13.2. The fraction of sp³-hybridized carbons (Fsp3) is 0.345. The minimum absolute atomic E-state index is 0.799. The van der Waals surface area contributed by atoms with Gasteiger partial charge in [-0.15, -0.1) is 0 Å². The van der Waals surface area contributed by atoms with Gasteiger partial charge in [0.05, 0.1) is 16.7 Å². The van der Waals surface area contributed by atoms with E-state index in [0.29, 0.717) is 0 Å². The molecular weight excluding hydrogens is 773 g/mol. The molecule has 4 aromatic heterocycles. The normalized spacial score (nSPS) is 17.5. The van der Waals surface area contributed by atoms with Crippen LogP contribution in [0.25, 0.3) is 23.8 Å². The number of allylic oxidation sites excluding steroid dienone is 9. The topological polar surface area (TPSA) is 76.1 Å². The van der Waals surface area contributed by atoms with Crippen molar-refractivity contribution >= 4 is 23.8 Å². The summed E-state index contributed by atoms with van der Waals surface area (Å²) in [6.07, 6.45) is 40.3. The van der Waals surface area contributed by atoms with Crippen LogP contribution in [-0.2, 0) is 0 Å². The van der Waals surface area contributed by atoms with E-state index in [1.807, 2.05) is 0 Å². The highest BCUT2D eigenvalue weighted by molar-refractivity contribution is 5.83. The van der Waals surface area contributed by atoms with Gasteiger partial charge in [-0.2, -0.15) is 0 Å². The lowest BCUT2D eigenvalue weighted by atomic mass is 9.82. The molecule has 326 valence electrons. The molecule has 5 aliphatic heterocycles. The van der Waals surface area contributed by atoms with Gasteiger partial charge >= 0.3 is 0 Å². The zero-order valence-electron chi connectivity index (χ0n) is 37.9. The highest BCUT2D eigenvalue weighted by Crippen LogP contribution is 2.45. The Morgan fingerprint density at radius 2 is 0.984 bits per heavy atom. The largest absolute Gasteiger partial charge is 0.371 e. The summed E-state index contributed by atoms with van der Waals surface area (Å²) in [6, 6.07) is 17.6. The van der Waals surface area contributed by atoms with Crippen molar-refractivity contribution < 1.29 is 0 Å². The van der Waals surface area contributed by atoms with E-state index < -0.39 is 0 Å². The van der Waals surface area contributed by atoms with Crippen molar-refractivity contribution in [3.63, 3.8) is 0 Å². The second-order valence-electron chi connectivity index (χ2n) is 18.0. The highest BCUT2D eigenvalue weighted by Gasteiger charge is 2.37. The summed E-state index contributed by atoms with van der Waals surface area (Å²) >= 11 is 0. The number of nitrogens with one attached hydrogen (secondary N) is 4. The predicted molar refractivity (Wildman–Crippen MR) is 262 cm³/mol. The van der Waals surface area contributed by atoms with E-state index >= 15 is 0 Å². The van der Waals surface area contributed by atoms with Gasteiger partial charge < -0.3 is 39.5 Å². The molecule has 63 heavy (non-hydrogen) atoms. The van der Waals surface area contributed by atoms with Crippen molar-refractivity contribution in [3.05, 3.63) is 187 Å². The van der Waals surface area contributed by atoms with Crippen molar-refractivity contribution in [1.82, 2.24) is 39.5 Å². The Labute approximate surface area is 373 Å². The molecule has 0 aliphatic carbocycles. The number of likely N-dealkylation sites (N-methyl/N-ethyl adjacent to an activating group) is 3. The number of unbranched alkanes of at least 4 members (excludes halogenated alkanes) is 9. The summed E-state index contributed by atoms with van der Waals surface area (Å²) in [7, 11) is 6.76. The summed E-state index contributed by atoms with van der Waals surface area (Å²) < 4.78 is 0. The van der Waals surface area contributed by atoms with Crippen molar-refractivity contribution in [1.29, 1.82) is 0 Å². The zero-order valence-corrected chi connectivity index (χ0v) is 37.9. The van der Waals surface area contributed by atoms with Crippen molar-refractivity contribution in [2.45, 2.75) is 71.1 Å². The van der Waals surface area contributed by atoms with Gasteiger partial charge in [-0.1, -0.05) is 101 Å². The molecule has 9 rings (SSSR count). The van der Waals surface area contributed by atoms with Gasteiger partial charge in [0.1, 0.15) is 0 Å². The van der Waals surface area contributed by atoms with Crippen LogP contribution in [-0.4, -0.2) is 93.4 Å². The summed E-state index contributed by atoms with van der Waals surface area (Å²) in [4.78, 5) is 25.2. The molecule has 8 nitrogen and oxygen atoms in total. The Kier molecular flexibility index (Phi) is 13.0. The molecule has 5 aliphatic rings. The molecule has 4 N–H and O–H groups in total. The molecule has 0 unspecified atom stereocenters. The molecule has 0 amide bonds. The van der Waals surface area contributed by atoms with E-state index in [4.69, 9.17) is 0 Å². The van der Waals surface area contributed by atoms with E-state index in [0.717, 1.165) is 83.3 Å². The van der Waals surface area contributed by atoms with Crippen LogP contribution in [0.1, 0.15) is 93.9 Å². The minimum Gasteiger partial charge on any atom is -0.371 e. The fourth-order valence-corrected chi connectivity index (χ4v) is 9.85. The second kappa shape index (κ2) is 19.4. The number of nitrogens with zero attached hydrogens (tertiary/aromatic N) is 4. The SMILES string of the molecule is CCCCCCCCCCCCN1CC(C2=CC=CCN2C)=C(C2=CC=CCN2C)C(C2=CC=CCN2C)=C1C1=c2ccc([nH]2)=Cc2ccc([nH]2)C=c2ccc([nH]2)=Cc2ccc1[nH]2. The third kappa shape index (κ3) is 9.41. The molecule has 0 radical (unpaired) electrons. The maximum Gasteiger partial charge on any atom is 0.0586 e. The number of hydrogen-bond acceptors (Lipinski definition) is 4. The first kappa shape index (κ1) is 42.0. The molecule has 0 saturated carbocycles. The Hall–Kier alpha value is -6.28. The van der Waals surface area contributed by atoms with Crippen LogP contribution in [0.4, 0.5) is 0 Å². The molecule has 0 saturated heterocycles. The second-order valence-corrected chi connectivity index (χ2v) is 18.0. The number of rotatable bonds is 15. The van der Waals surface area contributed by atoms with Crippen LogP contribution >= 0.6 is 0 Å². The lowest BCUT2D eigenvalue weighted by molar-refractivity contribution is 0.346. The lowest BCUT2D eigenvalue weighted by Gasteiger charge is -2.43. The summed E-state index contributed by atoms with van der Waals surface area (Å²) in [6.45, 7) is 6.64. The van der Waals surface area contributed by atoms with Gasteiger partial charge in [0, 0.05) is 126 Å².